The zero-order valence-corrected chi connectivity index (χ0v) is 9.28. The molecule has 2 fully saturated rings. The summed E-state index contributed by atoms with van der Waals surface area (Å²) in [7, 11) is 0. The maximum absolute atomic E-state index is 11.6. The van der Waals surface area contributed by atoms with Crippen molar-refractivity contribution in [2.75, 3.05) is 39.5 Å². The molecule has 2 unspecified atom stereocenters. The highest BCUT2D eigenvalue weighted by atomic mass is 16.5. The summed E-state index contributed by atoms with van der Waals surface area (Å²) in [6.07, 6.45) is 0.587. The number of ketones is 1. The fourth-order valence-corrected chi connectivity index (χ4v) is 2.17. The van der Waals surface area contributed by atoms with Crippen LogP contribution in [0.4, 0.5) is 0 Å². The van der Waals surface area contributed by atoms with Gasteiger partial charge >= 0.3 is 0 Å². The lowest BCUT2D eigenvalue weighted by molar-refractivity contribution is -0.132. The second kappa shape index (κ2) is 5.05. The van der Waals surface area contributed by atoms with Gasteiger partial charge in [0.25, 0.3) is 0 Å². The summed E-state index contributed by atoms with van der Waals surface area (Å²) in [6.45, 7) is 6.69. The van der Waals surface area contributed by atoms with Crippen LogP contribution in [0.1, 0.15) is 13.3 Å². The van der Waals surface area contributed by atoms with Gasteiger partial charge in [0.1, 0.15) is 5.78 Å². The largest absolute Gasteiger partial charge is 0.380 e. The molecule has 2 atom stereocenters. The van der Waals surface area contributed by atoms with E-state index in [-0.39, 0.29) is 5.92 Å². The minimum absolute atomic E-state index is 0.0827. The first-order chi connectivity index (χ1) is 7.27. The van der Waals surface area contributed by atoms with Gasteiger partial charge in [-0.1, -0.05) is 0 Å². The molecule has 0 aromatic rings. The fourth-order valence-electron chi connectivity index (χ4n) is 2.17. The molecular weight excluding hydrogens is 194 g/mol. The standard InChI is InChI=1S/C11H19NO3/c1-9-7-15-5-3-12(9)6-10-8-14-4-2-11(10)13/h9-10H,2-8H2,1H3. The SMILES string of the molecule is CC1COCCN1CC1COCCC1=O. The Kier molecular flexibility index (Phi) is 3.72. The lowest BCUT2D eigenvalue weighted by Crippen LogP contribution is -2.48. The predicted molar refractivity (Wildman–Crippen MR) is 55.8 cm³/mol. The van der Waals surface area contributed by atoms with Crippen LogP contribution in [-0.2, 0) is 14.3 Å². The van der Waals surface area contributed by atoms with Gasteiger partial charge in [0.05, 0.1) is 32.3 Å². The van der Waals surface area contributed by atoms with E-state index in [9.17, 15) is 4.79 Å². The Labute approximate surface area is 90.5 Å². The Bertz CT molecular complexity index is 232. The van der Waals surface area contributed by atoms with Crippen LogP contribution in [-0.4, -0.2) is 56.2 Å². The average molecular weight is 213 g/mol. The Hall–Kier alpha value is -0.450. The normalized spacial score (nSPS) is 34.3. The second-order valence-corrected chi connectivity index (χ2v) is 4.41. The van der Waals surface area contributed by atoms with Crippen LogP contribution in [0.15, 0.2) is 0 Å². The molecule has 0 radical (unpaired) electrons. The van der Waals surface area contributed by atoms with Gasteiger partial charge in [-0.05, 0) is 6.92 Å². The van der Waals surface area contributed by atoms with Crippen LogP contribution < -0.4 is 0 Å². The number of hydrogen-bond donors (Lipinski definition) is 0. The molecule has 0 aromatic carbocycles. The van der Waals surface area contributed by atoms with E-state index < -0.39 is 0 Å². The molecule has 0 spiro atoms. The molecule has 2 aliphatic rings. The van der Waals surface area contributed by atoms with Crippen molar-refractivity contribution in [3.05, 3.63) is 0 Å². The number of morpholine rings is 1. The Balaban J connectivity index is 1.86. The van der Waals surface area contributed by atoms with Crippen molar-refractivity contribution >= 4 is 5.78 Å². The Morgan fingerprint density at radius 2 is 2.13 bits per heavy atom. The number of carbonyl (C=O) groups excluding carboxylic acids is 1. The molecule has 15 heavy (non-hydrogen) atoms. The highest BCUT2D eigenvalue weighted by Crippen LogP contribution is 2.15. The smallest absolute Gasteiger partial charge is 0.141 e. The average Bonchev–Trinajstić information content (AvgIpc) is 2.24. The van der Waals surface area contributed by atoms with E-state index in [0.717, 1.165) is 26.3 Å². The van der Waals surface area contributed by atoms with Crippen molar-refractivity contribution < 1.29 is 14.3 Å². The summed E-state index contributed by atoms with van der Waals surface area (Å²) in [4.78, 5) is 14.0. The first-order valence-electron chi connectivity index (χ1n) is 5.69. The minimum atomic E-state index is 0.0827. The monoisotopic (exact) mass is 213 g/mol. The number of Topliss-reactive ketones (excluding diaryl/α,β-unsaturated/α-hetero) is 1. The fraction of sp³-hybridized carbons (Fsp3) is 0.909. The maximum Gasteiger partial charge on any atom is 0.141 e. The van der Waals surface area contributed by atoms with E-state index in [1.807, 2.05) is 0 Å². The quantitative estimate of drug-likeness (QED) is 0.662. The van der Waals surface area contributed by atoms with E-state index in [1.54, 1.807) is 0 Å². The molecule has 0 amide bonds. The van der Waals surface area contributed by atoms with E-state index in [4.69, 9.17) is 9.47 Å². The van der Waals surface area contributed by atoms with Gasteiger partial charge in [-0.25, -0.2) is 0 Å². The van der Waals surface area contributed by atoms with Crippen LogP contribution >= 0.6 is 0 Å². The first kappa shape index (κ1) is 11.0. The summed E-state index contributed by atoms with van der Waals surface area (Å²) < 4.78 is 10.7. The van der Waals surface area contributed by atoms with Crippen molar-refractivity contribution in [3.63, 3.8) is 0 Å². The third-order valence-electron chi connectivity index (χ3n) is 3.23. The summed E-state index contributed by atoms with van der Waals surface area (Å²) >= 11 is 0. The molecule has 2 saturated heterocycles. The van der Waals surface area contributed by atoms with Gasteiger partial charge in [0.15, 0.2) is 0 Å². The molecule has 2 rings (SSSR count). The topological polar surface area (TPSA) is 38.8 Å². The molecule has 0 N–H and O–H groups in total. The van der Waals surface area contributed by atoms with Crippen molar-refractivity contribution in [2.24, 2.45) is 5.92 Å². The number of nitrogens with zero attached hydrogens (tertiary/aromatic N) is 1. The predicted octanol–water partition coefficient (Wildman–Crippen LogP) is 0.313. The molecule has 0 aliphatic carbocycles. The zero-order valence-electron chi connectivity index (χ0n) is 9.28. The highest BCUT2D eigenvalue weighted by molar-refractivity contribution is 5.82. The molecule has 2 heterocycles. The number of hydrogen-bond acceptors (Lipinski definition) is 4. The number of carbonyl (C=O) groups is 1. The van der Waals surface area contributed by atoms with E-state index >= 15 is 0 Å². The lowest BCUT2D eigenvalue weighted by Gasteiger charge is -2.36. The van der Waals surface area contributed by atoms with Gasteiger partial charge in [0, 0.05) is 25.6 Å². The van der Waals surface area contributed by atoms with Gasteiger partial charge in [-0.2, -0.15) is 0 Å². The zero-order chi connectivity index (χ0) is 10.7. The van der Waals surface area contributed by atoms with Crippen molar-refractivity contribution in [2.45, 2.75) is 19.4 Å². The summed E-state index contributed by atoms with van der Waals surface area (Å²) in [5, 5.41) is 0. The van der Waals surface area contributed by atoms with E-state index in [1.165, 1.54) is 0 Å². The van der Waals surface area contributed by atoms with Crippen molar-refractivity contribution in [1.29, 1.82) is 0 Å². The second-order valence-electron chi connectivity index (χ2n) is 4.41. The van der Waals surface area contributed by atoms with Crippen LogP contribution in [0, 0.1) is 5.92 Å². The number of rotatable bonds is 2. The van der Waals surface area contributed by atoms with Crippen LogP contribution in [0.2, 0.25) is 0 Å². The summed E-state index contributed by atoms with van der Waals surface area (Å²) in [5.74, 6) is 0.444. The van der Waals surface area contributed by atoms with Gasteiger partial charge in [-0.15, -0.1) is 0 Å². The van der Waals surface area contributed by atoms with E-state index in [0.29, 0.717) is 31.5 Å². The third kappa shape index (κ3) is 2.77. The third-order valence-corrected chi connectivity index (χ3v) is 3.23. The minimum Gasteiger partial charge on any atom is -0.380 e. The molecule has 0 aromatic heterocycles. The van der Waals surface area contributed by atoms with E-state index in [2.05, 4.69) is 11.8 Å². The molecule has 86 valence electrons. The van der Waals surface area contributed by atoms with Crippen LogP contribution in [0.25, 0.3) is 0 Å². The molecule has 0 bridgehead atoms. The van der Waals surface area contributed by atoms with Crippen LogP contribution in [0.3, 0.4) is 0 Å². The molecular formula is C11H19NO3. The van der Waals surface area contributed by atoms with Gasteiger partial charge in [-0.3, -0.25) is 9.69 Å². The van der Waals surface area contributed by atoms with Gasteiger partial charge < -0.3 is 9.47 Å². The summed E-state index contributed by atoms with van der Waals surface area (Å²) in [5.41, 5.74) is 0. The Morgan fingerprint density at radius 3 is 2.87 bits per heavy atom. The molecule has 4 nitrogen and oxygen atoms in total. The van der Waals surface area contributed by atoms with Gasteiger partial charge in [0.2, 0.25) is 0 Å². The molecule has 4 heteroatoms. The lowest BCUT2D eigenvalue weighted by atomic mass is 9.99. The Morgan fingerprint density at radius 1 is 1.33 bits per heavy atom. The maximum atomic E-state index is 11.6. The van der Waals surface area contributed by atoms with Crippen LogP contribution in [0.5, 0.6) is 0 Å². The highest BCUT2D eigenvalue weighted by Gasteiger charge is 2.28. The first-order valence-corrected chi connectivity index (χ1v) is 5.69. The van der Waals surface area contributed by atoms with Crippen molar-refractivity contribution in [1.82, 2.24) is 4.90 Å². The summed E-state index contributed by atoms with van der Waals surface area (Å²) in [6, 6.07) is 0.425. The number of ether oxygens (including phenoxy) is 2. The molecule has 0 saturated carbocycles. The van der Waals surface area contributed by atoms with Crippen molar-refractivity contribution in [3.8, 4) is 0 Å². The molecule has 2 aliphatic heterocycles.